The van der Waals surface area contributed by atoms with Gasteiger partial charge in [-0.1, -0.05) is 0 Å². The van der Waals surface area contributed by atoms with Gasteiger partial charge in [-0.3, -0.25) is 25.2 Å². The van der Waals surface area contributed by atoms with E-state index in [0.717, 1.165) is 12.1 Å². The predicted octanol–water partition coefficient (Wildman–Crippen LogP) is 1.78. The van der Waals surface area contributed by atoms with Gasteiger partial charge < -0.3 is 4.90 Å². The van der Waals surface area contributed by atoms with Crippen LogP contribution in [-0.4, -0.2) is 24.3 Å². The molecule has 26 heavy (non-hydrogen) atoms. The molecule has 6 nitrogen and oxygen atoms in total. The first-order valence-electron chi connectivity index (χ1n) is 7.86. The second-order valence-corrected chi connectivity index (χ2v) is 5.83. The summed E-state index contributed by atoms with van der Waals surface area (Å²) < 4.78 is 25.8. The number of carbonyl (C=O) groups is 3. The van der Waals surface area contributed by atoms with Crippen LogP contribution in [0.15, 0.2) is 48.5 Å². The molecule has 0 saturated carbocycles. The molecular formula is C18H15F2N3O3. The maximum absolute atomic E-state index is 13.0. The Bertz CT molecular complexity index is 838. The molecule has 0 radical (unpaired) electrons. The Morgan fingerprint density at radius 3 is 2.12 bits per heavy atom. The Labute approximate surface area is 147 Å². The normalized spacial score (nSPS) is 16.5. The predicted molar refractivity (Wildman–Crippen MR) is 88.9 cm³/mol. The molecule has 2 aromatic rings. The number of hydrazine groups is 1. The highest BCUT2D eigenvalue weighted by Gasteiger charge is 2.35. The molecule has 0 unspecified atom stereocenters. The highest BCUT2D eigenvalue weighted by atomic mass is 19.1. The first-order chi connectivity index (χ1) is 12.4. The average molecular weight is 359 g/mol. The van der Waals surface area contributed by atoms with E-state index in [-0.39, 0.29) is 24.4 Å². The van der Waals surface area contributed by atoms with Gasteiger partial charge in [-0.05, 0) is 48.5 Å². The molecule has 8 heteroatoms. The van der Waals surface area contributed by atoms with Crippen LogP contribution in [0.3, 0.4) is 0 Å². The lowest BCUT2D eigenvalue weighted by Gasteiger charge is -2.16. The number of halogens is 2. The van der Waals surface area contributed by atoms with Crippen molar-refractivity contribution in [2.75, 3.05) is 11.4 Å². The number of nitrogens with one attached hydrogen (secondary N) is 2. The molecule has 3 amide bonds. The molecule has 1 fully saturated rings. The first-order valence-corrected chi connectivity index (χ1v) is 7.86. The Kier molecular flexibility index (Phi) is 4.92. The van der Waals surface area contributed by atoms with Crippen molar-refractivity contribution in [3.8, 4) is 0 Å². The fourth-order valence-corrected chi connectivity index (χ4v) is 2.65. The first kappa shape index (κ1) is 17.5. The third-order valence-electron chi connectivity index (χ3n) is 4.04. The van der Waals surface area contributed by atoms with Crippen LogP contribution < -0.4 is 15.8 Å². The van der Waals surface area contributed by atoms with E-state index in [1.54, 1.807) is 0 Å². The number of anilines is 1. The number of benzene rings is 2. The second kappa shape index (κ2) is 7.30. The molecule has 1 aliphatic rings. The summed E-state index contributed by atoms with van der Waals surface area (Å²) in [7, 11) is 0. The molecule has 1 saturated heterocycles. The summed E-state index contributed by atoms with van der Waals surface area (Å²) in [4.78, 5) is 37.6. The van der Waals surface area contributed by atoms with Crippen LogP contribution in [0, 0.1) is 17.6 Å². The number of nitrogens with zero attached hydrogens (tertiary/aromatic N) is 1. The van der Waals surface area contributed by atoms with Gasteiger partial charge in [-0.2, -0.15) is 0 Å². The summed E-state index contributed by atoms with van der Waals surface area (Å²) in [6, 6.07) is 10.2. The summed E-state index contributed by atoms with van der Waals surface area (Å²) in [5, 5.41) is 0. The van der Waals surface area contributed by atoms with Crippen molar-refractivity contribution in [1.82, 2.24) is 10.9 Å². The zero-order chi connectivity index (χ0) is 18.7. The van der Waals surface area contributed by atoms with E-state index in [0.29, 0.717) is 5.69 Å². The molecule has 0 bridgehead atoms. The van der Waals surface area contributed by atoms with E-state index in [4.69, 9.17) is 0 Å². The topological polar surface area (TPSA) is 78.5 Å². The zero-order valence-electron chi connectivity index (χ0n) is 13.5. The number of carbonyl (C=O) groups excluding carboxylic acids is 3. The smallest absolute Gasteiger partial charge is 0.269 e. The van der Waals surface area contributed by atoms with Gasteiger partial charge in [-0.25, -0.2) is 8.78 Å². The molecule has 2 aromatic carbocycles. The van der Waals surface area contributed by atoms with Gasteiger partial charge in [0.2, 0.25) is 11.8 Å². The summed E-state index contributed by atoms with van der Waals surface area (Å²) >= 11 is 0. The van der Waals surface area contributed by atoms with Gasteiger partial charge in [0.25, 0.3) is 5.91 Å². The minimum atomic E-state index is -0.652. The van der Waals surface area contributed by atoms with Crippen molar-refractivity contribution in [3.05, 3.63) is 65.7 Å². The van der Waals surface area contributed by atoms with E-state index < -0.39 is 29.4 Å². The van der Waals surface area contributed by atoms with E-state index in [9.17, 15) is 23.2 Å². The molecule has 0 aliphatic carbocycles. The van der Waals surface area contributed by atoms with Crippen LogP contribution in [0.5, 0.6) is 0 Å². The van der Waals surface area contributed by atoms with Crippen LogP contribution in [0.4, 0.5) is 14.5 Å². The van der Waals surface area contributed by atoms with Crippen molar-refractivity contribution >= 4 is 23.4 Å². The van der Waals surface area contributed by atoms with Gasteiger partial charge >= 0.3 is 0 Å². The summed E-state index contributed by atoms with van der Waals surface area (Å²) in [5.74, 6) is -2.92. The summed E-state index contributed by atoms with van der Waals surface area (Å²) in [6.45, 7) is 0.128. The molecule has 0 aromatic heterocycles. The average Bonchev–Trinajstić information content (AvgIpc) is 3.02. The van der Waals surface area contributed by atoms with Crippen molar-refractivity contribution in [3.63, 3.8) is 0 Å². The Morgan fingerprint density at radius 1 is 0.923 bits per heavy atom. The van der Waals surface area contributed by atoms with Crippen LogP contribution in [0.1, 0.15) is 16.8 Å². The fraction of sp³-hybridized carbons (Fsp3) is 0.167. The van der Waals surface area contributed by atoms with Gasteiger partial charge in [-0.15, -0.1) is 0 Å². The molecular weight excluding hydrogens is 344 g/mol. The van der Waals surface area contributed by atoms with Crippen LogP contribution in [0.25, 0.3) is 0 Å². The fourth-order valence-electron chi connectivity index (χ4n) is 2.65. The van der Waals surface area contributed by atoms with Crippen molar-refractivity contribution in [2.45, 2.75) is 6.42 Å². The Balaban J connectivity index is 1.57. The number of amides is 3. The lowest BCUT2D eigenvalue weighted by atomic mass is 10.1. The second-order valence-electron chi connectivity index (χ2n) is 5.83. The third-order valence-corrected chi connectivity index (χ3v) is 4.04. The SMILES string of the molecule is O=C(NNC(=O)[C@@H]1CC(=O)N(c2ccc(F)cc2)C1)c1ccc(F)cc1. The minimum Gasteiger partial charge on any atom is -0.312 e. The molecule has 1 heterocycles. The van der Waals surface area contributed by atoms with E-state index in [1.807, 2.05) is 0 Å². The van der Waals surface area contributed by atoms with E-state index in [1.165, 1.54) is 41.3 Å². The molecule has 134 valence electrons. The van der Waals surface area contributed by atoms with Crippen molar-refractivity contribution in [2.24, 2.45) is 5.92 Å². The molecule has 1 aliphatic heterocycles. The quantitative estimate of drug-likeness (QED) is 0.820. The minimum absolute atomic E-state index is 0.0182. The molecule has 1 atom stereocenters. The zero-order valence-corrected chi connectivity index (χ0v) is 13.5. The number of hydrogen-bond acceptors (Lipinski definition) is 3. The van der Waals surface area contributed by atoms with E-state index >= 15 is 0 Å². The molecule has 0 spiro atoms. The van der Waals surface area contributed by atoms with Gasteiger partial charge in [0.1, 0.15) is 11.6 Å². The molecule has 2 N–H and O–H groups in total. The van der Waals surface area contributed by atoms with Crippen LogP contribution in [0.2, 0.25) is 0 Å². The highest BCUT2D eigenvalue weighted by molar-refractivity contribution is 6.01. The standard InChI is InChI=1S/C18H15F2N3O3/c19-13-3-1-11(2-4-13)17(25)21-22-18(26)12-9-16(24)23(10-12)15-7-5-14(20)6-8-15/h1-8,12H,9-10H2,(H,21,25)(H,22,26)/t12-/m1/s1. The van der Waals surface area contributed by atoms with Crippen molar-refractivity contribution in [1.29, 1.82) is 0 Å². The van der Waals surface area contributed by atoms with Gasteiger partial charge in [0.05, 0.1) is 5.92 Å². The van der Waals surface area contributed by atoms with Crippen LogP contribution in [-0.2, 0) is 9.59 Å². The highest BCUT2D eigenvalue weighted by Crippen LogP contribution is 2.25. The number of hydrogen-bond donors (Lipinski definition) is 2. The van der Waals surface area contributed by atoms with Gasteiger partial charge in [0.15, 0.2) is 0 Å². The lowest BCUT2D eigenvalue weighted by Crippen LogP contribution is -2.45. The monoisotopic (exact) mass is 359 g/mol. The maximum atomic E-state index is 13.0. The summed E-state index contributed by atoms with van der Waals surface area (Å²) in [5.41, 5.74) is 5.18. The Hall–Kier alpha value is -3.29. The Morgan fingerprint density at radius 2 is 1.50 bits per heavy atom. The van der Waals surface area contributed by atoms with Gasteiger partial charge in [0, 0.05) is 24.2 Å². The van der Waals surface area contributed by atoms with Crippen LogP contribution >= 0.6 is 0 Å². The lowest BCUT2D eigenvalue weighted by molar-refractivity contribution is -0.126. The summed E-state index contributed by atoms with van der Waals surface area (Å²) in [6.07, 6.45) is -0.0182. The van der Waals surface area contributed by atoms with E-state index in [2.05, 4.69) is 10.9 Å². The third kappa shape index (κ3) is 3.85. The largest absolute Gasteiger partial charge is 0.312 e. The van der Waals surface area contributed by atoms with Crippen molar-refractivity contribution < 1.29 is 23.2 Å². The maximum Gasteiger partial charge on any atom is 0.269 e. The number of rotatable bonds is 3. The molecule has 3 rings (SSSR count).